The zero-order chi connectivity index (χ0) is 28.7. The van der Waals surface area contributed by atoms with Crippen LogP contribution >= 0.6 is 11.3 Å². The van der Waals surface area contributed by atoms with Crippen molar-refractivity contribution < 1.29 is 22.7 Å². The predicted molar refractivity (Wildman–Crippen MR) is 155 cm³/mol. The Bertz CT molecular complexity index is 1440. The number of nitrogens with one attached hydrogen (secondary N) is 2. The molecule has 3 heterocycles. The molecule has 214 valence electrons. The van der Waals surface area contributed by atoms with Gasteiger partial charge in [-0.1, -0.05) is 24.6 Å². The molecule has 1 fully saturated rings. The Hall–Kier alpha value is -3.96. The number of carbonyl (C=O) groups excluding carboxylic acids is 1. The maximum absolute atomic E-state index is 12.8. The van der Waals surface area contributed by atoms with Crippen molar-refractivity contribution in [1.29, 1.82) is 0 Å². The second-order valence-corrected chi connectivity index (χ2v) is 10.6. The Morgan fingerprint density at radius 1 is 0.902 bits per heavy atom. The van der Waals surface area contributed by atoms with Crippen LogP contribution in [0.15, 0.2) is 72.1 Å². The average Bonchev–Trinajstić information content (AvgIpc) is 3.47. The van der Waals surface area contributed by atoms with Gasteiger partial charge in [0.05, 0.1) is 12.3 Å². The second kappa shape index (κ2) is 13.1. The van der Waals surface area contributed by atoms with Crippen LogP contribution in [-0.2, 0) is 6.18 Å². The summed E-state index contributed by atoms with van der Waals surface area (Å²) in [6.07, 6.45) is 0.372. The van der Waals surface area contributed by atoms with E-state index in [9.17, 15) is 18.0 Å². The fraction of sp³-hybridized carbons (Fsp3) is 0.300. The molecule has 2 aromatic carbocycles. The van der Waals surface area contributed by atoms with Crippen molar-refractivity contribution in [3.63, 3.8) is 0 Å². The number of pyridine rings is 1. The van der Waals surface area contributed by atoms with E-state index in [1.165, 1.54) is 55.8 Å². The van der Waals surface area contributed by atoms with Gasteiger partial charge in [0.25, 0.3) is 0 Å². The average molecular weight is 582 g/mol. The molecule has 2 aromatic heterocycles. The fourth-order valence-corrected chi connectivity index (χ4v) is 5.39. The first kappa shape index (κ1) is 28.6. The highest BCUT2D eigenvalue weighted by Crippen LogP contribution is 2.31. The fourth-order valence-electron chi connectivity index (χ4n) is 4.56. The molecule has 0 radical (unpaired) electrons. The molecule has 0 saturated carbocycles. The summed E-state index contributed by atoms with van der Waals surface area (Å²) in [6, 6.07) is 17.6. The molecule has 0 bridgehead atoms. The van der Waals surface area contributed by atoms with Crippen LogP contribution < -0.4 is 15.4 Å². The third kappa shape index (κ3) is 8.05. The lowest BCUT2D eigenvalue weighted by atomic mass is 10.1. The van der Waals surface area contributed by atoms with E-state index in [2.05, 4.69) is 20.5 Å². The number of thiazole rings is 1. The standard InChI is InChI=1S/C30H30F3N5O2S/c31-30(32,33)26-6-4-7-27(36-26)37-29(39)34-23-12-8-21(9-13-23)25-20-41-28(35-25)22-10-14-24(15-11-22)40-19-5-18-38-16-2-1-3-17-38/h4,6-15,20H,1-3,5,16-19H2,(H2,34,36,37,39). The Morgan fingerprint density at radius 3 is 2.37 bits per heavy atom. The van der Waals surface area contributed by atoms with E-state index in [4.69, 9.17) is 9.72 Å². The molecule has 1 aliphatic heterocycles. The number of urea groups is 1. The number of alkyl halides is 3. The van der Waals surface area contributed by atoms with Gasteiger partial charge in [-0.3, -0.25) is 5.32 Å². The molecular formula is C30H30F3N5O2S. The van der Waals surface area contributed by atoms with Crippen LogP contribution in [0.3, 0.4) is 0 Å². The van der Waals surface area contributed by atoms with E-state index in [-0.39, 0.29) is 5.82 Å². The van der Waals surface area contributed by atoms with Crippen LogP contribution in [0.1, 0.15) is 31.4 Å². The lowest BCUT2D eigenvalue weighted by Crippen LogP contribution is -2.31. The van der Waals surface area contributed by atoms with Crippen LogP contribution in [0.2, 0.25) is 0 Å². The summed E-state index contributed by atoms with van der Waals surface area (Å²) in [7, 11) is 0. The molecule has 5 rings (SSSR count). The number of amides is 2. The van der Waals surface area contributed by atoms with Gasteiger partial charge in [-0.15, -0.1) is 11.3 Å². The van der Waals surface area contributed by atoms with Crippen LogP contribution in [0.4, 0.5) is 29.5 Å². The number of aromatic nitrogens is 2. The van der Waals surface area contributed by atoms with E-state index in [0.29, 0.717) is 12.3 Å². The van der Waals surface area contributed by atoms with Gasteiger partial charge in [0.15, 0.2) is 0 Å². The van der Waals surface area contributed by atoms with E-state index in [0.717, 1.165) is 46.6 Å². The SMILES string of the molecule is O=C(Nc1ccc(-c2csc(-c3ccc(OCCCN4CCCCC4)cc3)n2)cc1)Nc1cccc(C(F)(F)F)n1. The summed E-state index contributed by atoms with van der Waals surface area (Å²) in [5.41, 5.74) is 2.06. The molecule has 0 atom stereocenters. The summed E-state index contributed by atoms with van der Waals surface area (Å²) in [4.78, 5) is 23.0. The summed E-state index contributed by atoms with van der Waals surface area (Å²) < 4.78 is 44.5. The number of anilines is 2. The van der Waals surface area contributed by atoms with Crippen LogP contribution in [0, 0.1) is 0 Å². The largest absolute Gasteiger partial charge is 0.494 e. The van der Waals surface area contributed by atoms with E-state index in [1.54, 1.807) is 12.1 Å². The van der Waals surface area contributed by atoms with Gasteiger partial charge in [-0.05, 0) is 80.9 Å². The first-order valence-electron chi connectivity index (χ1n) is 13.5. The topological polar surface area (TPSA) is 79.4 Å². The van der Waals surface area contributed by atoms with Gasteiger partial charge in [-0.2, -0.15) is 13.2 Å². The van der Waals surface area contributed by atoms with Crippen molar-refractivity contribution in [2.24, 2.45) is 0 Å². The van der Waals surface area contributed by atoms with Gasteiger partial charge in [0, 0.05) is 28.7 Å². The molecule has 1 aliphatic rings. The number of rotatable bonds is 9. The highest BCUT2D eigenvalue weighted by atomic mass is 32.1. The number of hydrogen-bond donors (Lipinski definition) is 2. The molecule has 0 aliphatic carbocycles. The number of carbonyl (C=O) groups is 1. The van der Waals surface area contributed by atoms with Gasteiger partial charge in [-0.25, -0.2) is 14.8 Å². The number of nitrogens with zero attached hydrogens (tertiary/aromatic N) is 3. The van der Waals surface area contributed by atoms with Gasteiger partial charge < -0.3 is 15.0 Å². The number of benzene rings is 2. The van der Waals surface area contributed by atoms with Crippen molar-refractivity contribution in [3.05, 3.63) is 77.8 Å². The van der Waals surface area contributed by atoms with Crippen molar-refractivity contribution >= 4 is 28.9 Å². The molecule has 0 unspecified atom stereocenters. The number of ether oxygens (including phenoxy) is 1. The smallest absolute Gasteiger partial charge is 0.433 e. The summed E-state index contributed by atoms with van der Waals surface area (Å²) in [5, 5.41) is 7.76. The number of hydrogen-bond acceptors (Lipinski definition) is 6. The van der Waals surface area contributed by atoms with Crippen LogP contribution in [-0.4, -0.2) is 47.1 Å². The zero-order valence-corrected chi connectivity index (χ0v) is 23.1. The highest BCUT2D eigenvalue weighted by Gasteiger charge is 2.32. The third-order valence-corrected chi connectivity index (χ3v) is 7.55. The predicted octanol–water partition coefficient (Wildman–Crippen LogP) is 7.79. The van der Waals surface area contributed by atoms with E-state index < -0.39 is 17.9 Å². The molecule has 1 saturated heterocycles. The number of piperidine rings is 1. The van der Waals surface area contributed by atoms with Crippen molar-refractivity contribution in [3.8, 4) is 27.6 Å². The second-order valence-electron chi connectivity index (χ2n) is 9.73. The lowest BCUT2D eigenvalue weighted by Gasteiger charge is -2.26. The Balaban J connectivity index is 1.11. The maximum atomic E-state index is 12.8. The van der Waals surface area contributed by atoms with Crippen molar-refractivity contribution in [2.45, 2.75) is 31.9 Å². The van der Waals surface area contributed by atoms with E-state index >= 15 is 0 Å². The molecule has 11 heteroatoms. The first-order chi connectivity index (χ1) is 19.8. The van der Waals surface area contributed by atoms with Gasteiger partial charge in [0.1, 0.15) is 22.3 Å². The normalized spacial score (nSPS) is 14.0. The molecule has 4 aromatic rings. The number of halogens is 3. The molecule has 2 amide bonds. The number of likely N-dealkylation sites (tertiary alicyclic amines) is 1. The van der Waals surface area contributed by atoms with Crippen LogP contribution in [0.5, 0.6) is 5.75 Å². The summed E-state index contributed by atoms with van der Waals surface area (Å²) >= 11 is 1.54. The Labute approximate surface area is 240 Å². The minimum Gasteiger partial charge on any atom is -0.494 e. The minimum absolute atomic E-state index is 0.198. The molecule has 2 N–H and O–H groups in total. The molecule has 7 nitrogen and oxygen atoms in total. The highest BCUT2D eigenvalue weighted by molar-refractivity contribution is 7.13. The quantitative estimate of drug-likeness (QED) is 0.197. The van der Waals surface area contributed by atoms with Gasteiger partial charge >= 0.3 is 12.2 Å². The first-order valence-corrected chi connectivity index (χ1v) is 14.4. The minimum atomic E-state index is -4.59. The molecule has 41 heavy (non-hydrogen) atoms. The summed E-state index contributed by atoms with van der Waals surface area (Å²) in [6.45, 7) is 4.19. The molecular weight excluding hydrogens is 551 g/mol. The van der Waals surface area contributed by atoms with Gasteiger partial charge in [0.2, 0.25) is 0 Å². The Morgan fingerprint density at radius 2 is 1.63 bits per heavy atom. The third-order valence-electron chi connectivity index (χ3n) is 6.66. The molecule has 0 spiro atoms. The lowest BCUT2D eigenvalue weighted by molar-refractivity contribution is -0.141. The monoisotopic (exact) mass is 581 g/mol. The maximum Gasteiger partial charge on any atom is 0.433 e. The summed E-state index contributed by atoms with van der Waals surface area (Å²) in [5.74, 6) is 0.650. The van der Waals surface area contributed by atoms with E-state index in [1.807, 2.05) is 41.8 Å². The Kier molecular flexibility index (Phi) is 9.15. The van der Waals surface area contributed by atoms with Crippen molar-refractivity contribution in [1.82, 2.24) is 14.9 Å². The van der Waals surface area contributed by atoms with Crippen molar-refractivity contribution in [2.75, 3.05) is 36.9 Å². The van der Waals surface area contributed by atoms with Crippen LogP contribution in [0.25, 0.3) is 21.8 Å². The zero-order valence-electron chi connectivity index (χ0n) is 22.3.